The van der Waals surface area contributed by atoms with Gasteiger partial charge in [-0.05, 0) is 18.4 Å². The fraction of sp³-hybridized carbons (Fsp3) is 0.538. The number of aliphatic hydroxyl groups is 2. The molecule has 3 atom stereocenters. The van der Waals surface area contributed by atoms with Gasteiger partial charge in [-0.2, -0.15) is 0 Å². The van der Waals surface area contributed by atoms with Crippen LogP contribution in [0.3, 0.4) is 0 Å². The Hall–Kier alpha value is -0.900. The van der Waals surface area contributed by atoms with Gasteiger partial charge in [0.2, 0.25) is 0 Å². The van der Waals surface area contributed by atoms with E-state index in [1.807, 2.05) is 30.3 Å². The van der Waals surface area contributed by atoms with Crippen LogP contribution < -0.4 is 0 Å². The molecule has 0 amide bonds. The first-order valence-electron chi connectivity index (χ1n) is 5.78. The molecule has 88 valence electrons. The smallest absolute Gasteiger partial charge is 0.105 e. The maximum absolute atomic E-state index is 10.1. The van der Waals surface area contributed by atoms with Crippen molar-refractivity contribution in [2.24, 2.45) is 5.92 Å². The first-order valence-corrected chi connectivity index (χ1v) is 5.78. The molecule has 0 spiro atoms. The molecule has 3 nitrogen and oxygen atoms in total. The van der Waals surface area contributed by atoms with Crippen LogP contribution in [0.4, 0.5) is 0 Å². The standard InChI is InChI=1S/C13H18O3/c14-12(10-5-2-1-3-6-10)13(15)11-7-4-8-16-9-11/h1-3,5-6,11-15H,4,7-9H2. The van der Waals surface area contributed by atoms with Gasteiger partial charge in [-0.15, -0.1) is 0 Å². The zero-order chi connectivity index (χ0) is 11.4. The molecule has 1 heterocycles. The van der Waals surface area contributed by atoms with E-state index in [1.54, 1.807) is 0 Å². The van der Waals surface area contributed by atoms with E-state index in [4.69, 9.17) is 4.74 Å². The number of rotatable bonds is 3. The highest BCUT2D eigenvalue weighted by Crippen LogP contribution is 2.26. The van der Waals surface area contributed by atoms with Gasteiger partial charge in [-0.3, -0.25) is 0 Å². The summed E-state index contributed by atoms with van der Waals surface area (Å²) in [7, 11) is 0. The van der Waals surface area contributed by atoms with Crippen molar-refractivity contribution in [1.29, 1.82) is 0 Å². The Morgan fingerprint density at radius 2 is 1.94 bits per heavy atom. The minimum absolute atomic E-state index is 0.0453. The second kappa shape index (κ2) is 5.43. The van der Waals surface area contributed by atoms with Crippen molar-refractivity contribution in [3.8, 4) is 0 Å². The minimum Gasteiger partial charge on any atom is -0.390 e. The van der Waals surface area contributed by atoms with Gasteiger partial charge in [-0.1, -0.05) is 30.3 Å². The van der Waals surface area contributed by atoms with E-state index in [0.29, 0.717) is 6.61 Å². The van der Waals surface area contributed by atoms with Crippen molar-refractivity contribution < 1.29 is 14.9 Å². The summed E-state index contributed by atoms with van der Waals surface area (Å²) in [4.78, 5) is 0. The average Bonchev–Trinajstić information content (AvgIpc) is 2.39. The number of hydrogen-bond acceptors (Lipinski definition) is 3. The summed E-state index contributed by atoms with van der Waals surface area (Å²) in [6.45, 7) is 1.32. The van der Waals surface area contributed by atoms with Crippen LogP contribution in [-0.2, 0) is 4.74 Å². The lowest BCUT2D eigenvalue weighted by molar-refractivity contribution is -0.0660. The largest absolute Gasteiger partial charge is 0.390 e. The highest BCUT2D eigenvalue weighted by Gasteiger charge is 2.28. The lowest BCUT2D eigenvalue weighted by Gasteiger charge is -2.29. The van der Waals surface area contributed by atoms with Crippen molar-refractivity contribution in [2.45, 2.75) is 25.0 Å². The van der Waals surface area contributed by atoms with Crippen LogP contribution in [0.2, 0.25) is 0 Å². The Kier molecular flexibility index (Phi) is 3.93. The topological polar surface area (TPSA) is 49.7 Å². The van der Waals surface area contributed by atoms with Gasteiger partial charge in [-0.25, -0.2) is 0 Å². The summed E-state index contributed by atoms with van der Waals surface area (Å²) in [6, 6.07) is 9.28. The number of hydrogen-bond donors (Lipinski definition) is 2. The molecule has 16 heavy (non-hydrogen) atoms. The fourth-order valence-electron chi connectivity index (χ4n) is 2.14. The third kappa shape index (κ3) is 2.61. The normalized spacial score (nSPS) is 25.0. The molecule has 0 saturated carbocycles. The maximum Gasteiger partial charge on any atom is 0.105 e. The summed E-state index contributed by atoms with van der Waals surface area (Å²) in [5.74, 6) is 0.0453. The van der Waals surface area contributed by atoms with Crippen LogP contribution in [-0.4, -0.2) is 29.5 Å². The van der Waals surface area contributed by atoms with Crippen LogP contribution in [0, 0.1) is 5.92 Å². The molecule has 0 radical (unpaired) electrons. The van der Waals surface area contributed by atoms with E-state index >= 15 is 0 Å². The molecular weight excluding hydrogens is 204 g/mol. The quantitative estimate of drug-likeness (QED) is 0.815. The predicted octanol–water partition coefficient (Wildman–Crippen LogP) is 1.51. The Labute approximate surface area is 95.7 Å². The first kappa shape index (κ1) is 11.6. The molecule has 2 rings (SSSR count). The summed E-state index contributed by atoms with van der Waals surface area (Å²) in [5, 5.41) is 20.1. The highest BCUT2D eigenvalue weighted by molar-refractivity contribution is 5.18. The van der Waals surface area contributed by atoms with E-state index < -0.39 is 12.2 Å². The molecule has 1 aromatic carbocycles. The van der Waals surface area contributed by atoms with Gasteiger partial charge in [0.25, 0.3) is 0 Å². The maximum atomic E-state index is 10.1. The Bertz CT molecular complexity index is 306. The van der Waals surface area contributed by atoms with Crippen molar-refractivity contribution >= 4 is 0 Å². The predicted molar refractivity (Wildman–Crippen MR) is 61.0 cm³/mol. The zero-order valence-electron chi connectivity index (χ0n) is 9.25. The van der Waals surface area contributed by atoms with E-state index in [2.05, 4.69) is 0 Å². The SMILES string of the molecule is OC(c1ccccc1)C(O)C1CCCOC1. The van der Waals surface area contributed by atoms with Crippen molar-refractivity contribution in [2.75, 3.05) is 13.2 Å². The van der Waals surface area contributed by atoms with Crippen LogP contribution >= 0.6 is 0 Å². The molecule has 1 fully saturated rings. The minimum atomic E-state index is -0.812. The summed E-state index contributed by atoms with van der Waals surface area (Å²) in [5.41, 5.74) is 0.764. The second-order valence-corrected chi connectivity index (χ2v) is 4.32. The average molecular weight is 222 g/mol. The molecule has 0 bridgehead atoms. The van der Waals surface area contributed by atoms with E-state index in [-0.39, 0.29) is 5.92 Å². The van der Waals surface area contributed by atoms with Gasteiger partial charge in [0.15, 0.2) is 0 Å². The molecule has 0 aliphatic carbocycles. The fourth-order valence-corrected chi connectivity index (χ4v) is 2.14. The summed E-state index contributed by atoms with van der Waals surface area (Å²) >= 11 is 0. The lowest BCUT2D eigenvalue weighted by Crippen LogP contribution is -2.33. The van der Waals surface area contributed by atoms with Crippen LogP contribution in [0.15, 0.2) is 30.3 Å². The highest BCUT2D eigenvalue weighted by atomic mass is 16.5. The molecule has 1 saturated heterocycles. The van der Waals surface area contributed by atoms with Gasteiger partial charge >= 0.3 is 0 Å². The van der Waals surface area contributed by atoms with Gasteiger partial charge in [0.1, 0.15) is 6.10 Å². The van der Waals surface area contributed by atoms with E-state index in [9.17, 15) is 10.2 Å². The zero-order valence-corrected chi connectivity index (χ0v) is 9.25. The molecule has 0 aromatic heterocycles. The Balaban J connectivity index is 2.00. The van der Waals surface area contributed by atoms with Gasteiger partial charge in [0.05, 0.1) is 12.7 Å². The summed E-state index contributed by atoms with van der Waals surface area (Å²) < 4.78 is 5.32. The lowest BCUT2D eigenvalue weighted by atomic mass is 9.89. The number of ether oxygens (including phenoxy) is 1. The molecule has 1 aliphatic rings. The first-order chi connectivity index (χ1) is 7.79. The molecule has 3 unspecified atom stereocenters. The molecule has 1 aromatic rings. The molecule has 1 aliphatic heterocycles. The van der Waals surface area contributed by atoms with Crippen molar-refractivity contribution in [1.82, 2.24) is 0 Å². The van der Waals surface area contributed by atoms with E-state index in [0.717, 1.165) is 25.0 Å². The third-order valence-corrected chi connectivity index (χ3v) is 3.14. The van der Waals surface area contributed by atoms with E-state index in [1.165, 1.54) is 0 Å². The number of benzene rings is 1. The Morgan fingerprint density at radius 1 is 1.19 bits per heavy atom. The van der Waals surface area contributed by atoms with Crippen LogP contribution in [0.1, 0.15) is 24.5 Å². The van der Waals surface area contributed by atoms with Crippen LogP contribution in [0.5, 0.6) is 0 Å². The Morgan fingerprint density at radius 3 is 2.56 bits per heavy atom. The van der Waals surface area contributed by atoms with Gasteiger partial charge < -0.3 is 14.9 Å². The number of aliphatic hydroxyl groups excluding tert-OH is 2. The van der Waals surface area contributed by atoms with Crippen molar-refractivity contribution in [3.05, 3.63) is 35.9 Å². The monoisotopic (exact) mass is 222 g/mol. The third-order valence-electron chi connectivity index (χ3n) is 3.14. The summed E-state index contributed by atoms with van der Waals surface area (Å²) in [6.07, 6.45) is 0.337. The molecular formula is C13H18O3. The van der Waals surface area contributed by atoms with Crippen molar-refractivity contribution in [3.63, 3.8) is 0 Å². The van der Waals surface area contributed by atoms with Gasteiger partial charge in [0, 0.05) is 12.5 Å². The second-order valence-electron chi connectivity index (χ2n) is 4.32. The van der Waals surface area contributed by atoms with Crippen LogP contribution in [0.25, 0.3) is 0 Å². The molecule has 2 N–H and O–H groups in total. The molecule has 3 heteroatoms.